The Morgan fingerprint density at radius 2 is 2.18 bits per heavy atom. The Morgan fingerprint density at radius 1 is 1.47 bits per heavy atom. The van der Waals surface area contributed by atoms with Crippen molar-refractivity contribution in [3.63, 3.8) is 0 Å². The number of thiazole rings is 1. The number of carbonyl (C=O) groups is 2. The van der Waals surface area contributed by atoms with Gasteiger partial charge in [0, 0.05) is 4.88 Å². The lowest BCUT2D eigenvalue weighted by molar-refractivity contribution is 0.0519. The first kappa shape index (κ1) is 13.4. The molecule has 0 aliphatic heterocycles. The van der Waals surface area contributed by atoms with E-state index in [1.165, 1.54) is 11.3 Å². The maximum absolute atomic E-state index is 11.6. The van der Waals surface area contributed by atoms with Gasteiger partial charge in [-0.2, -0.15) is 0 Å². The monoisotopic (exact) mass is 258 g/mol. The minimum atomic E-state index is -1.11. The third kappa shape index (κ3) is 3.70. The van der Waals surface area contributed by atoms with Crippen LogP contribution in [0.15, 0.2) is 0 Å². The zero-order valence-corrected chi connectivity index (χ0v) is 10.5. The zero-order chi connectivity index (χ0) is 12.8. The molecular weight excluding hydrogens is 244 g/mol. The second kappa shape index (κ2) is 6.19. The highest BCUT2D eigenvalue weighted by atomic mass is 32.1. The number of carboxylic acid groups (broad SMARTS) is 1. The fraction of sp³-hybridized carbons (Fsp3) is 0.500. The third-order valence-corrected chi connectivity index (χ3v) is 3.12. The van der Waals surface area contributed by atoms with Crippen LogP contribution in [0, 0.1) is 0 Å². The van der Waals surface area contributed by atoms with E-state index in [1.807, 2.05) is 6.92 Å². The van der Waals surface area contributed by atoms with Crippen molar-refractivity contribution in [3.05, 3.63) is 15.6 Å². The Morgan fingerprint density at radius 3 is 2.71 bits per heavy atom. The maximum Gasteiger partial charge on any atom is 0.405 e. The van der Waals surface area contributed by atoms with Crippen LogP contribution in [0.3, 0.4) is 0 Å². The lowest BCUT2D eigenvalue weighted by atomic mass is 10.3. The Labute approximate surface area is 103 Å². The van der Waals surface area contributed by atoms with Crippen LogP contribution in [0.1, 0.15) is 34.2 Å². The number of nitrogens with zero attached hydrogens (tertiary/aromatic N) is 1. The van der Waals surface area contributed by atoms with Gasteiger partial charge in [0.1, 0.15) is 5.01 Å². The Balaban J connectivity index is 2.82. The number of hydrogen-bond acceptors (Lipinski definition) is 5. The van der Waals surface area contributed by atoms with Gasteiger partial charge in [0.2, 0.25) is 0 Å². The van der Waals surface area contributed by atoms with Crippen molar-refractivity contribution in [2.75, 3.05) is 6.61 Å². The molecule has 0 aliphatic rings. The lowest BCUT2D eigenvalue weighted by Crippen LogP contribution is -2.19. The normalized spacial score (nSPS) is 10.0. The molecule has 0 atom stereocenters. The van der Waals surface area contributed by atoms with Crippen molar-refractivity contribution in [3.8, 4) is 0 Å². The number of aryl methyl sites for hydroxylation is 1. The van der Waals surface area contributed by atoms with Gasteiger partial charge in [-0.05, 0) is 13.3 Å². The highest BCUT2D eigenvalue weighted by molar-refractivity contribution is 7.11. The van der Waals surface area contributed by atoms with Gasteiger partial charge in [-0.15, -0.1) is 11.3 Å². The molecule has 0 fully saturated rings. The minimum Gasteiger partial charge on any atom is -0.465 e. The first-order valence-corrected chi connectivity index (χ1v) is 6.02. The van der Waals surface area contributed by atoms with Crippen LogP contribution in [0.5, 0.6) is 0 Å². The van der Waals surface area contributed by atoms with Gasteiger partial charge in [0.25, 0.3) is 0 Å². The lowest BCUT2D eigenvalue weighted by Gasteiger charge is -1.99. The van der Waals surface area contributed by atoms with Crippen LogP contribution >= 0.6 is 11.3 Å². The molecule has 17 heavy (non-hydrogen) atoms. The first-order chi connectivity index (χ1) is 8.08. The van der Waals surface area contributed by atoms with Crippen LogP contribution in [0.4, 0.5) is 4.79 Å². The molecule has 7 heteroatoms. The molecule has 0 aliphatic carbocycles. The molecule has 0 unspecified atom stereocenters. The van der Waals surface area contributed by atoms with Crippen LogP contribution in [0.25, 0.3) is 0 Å². The van der Waals surface area contributed by atoms with E-state index in [0.29, 0.717) is 23.7 Å². The summed E-state index contributed by atoms with van der Waals surface area (Å²) >= 11 is 1.32. The summed E-state index contributed by atoms with van der Waals surface area (Å²) in [5.74, 6) is -0.456. The molecule has 94 valence electrons. The second-order valence-corrected chi connectivity index (χ2v) is 4.28. The van der Waals surface area contributed by atoms with E-state index in [-0.39, 0.29) is 6.54 Å². The summed E-state index contributed by atoms with van der Waals surface area (Å²) in [6, 6.07) is 0. The summed E-state index contributed by atoms with van der Waals surface area (Å²) in [5, 5.41) is 11.2. The zero-order valence-electron chi connectivity index (χ0n) is 9.65. The van der Waals surface area contributed by atoms with Crippen molar-refractivity contribution in [2.24, 2.45) is 0 Å². The molecule has 1 aromatic heterocycles. The van der Waals surface area contributed by atoms with Gasteiger partial charge >= 0.3 is 12.1 Å². The Hall–Kier alpha value is -1.63. The SMILES string of the molecule is CCOC(=O)c1nc(CNC(=O)O)sc1CC. The number of esters is 1. The van der Waals surface area contributed by atoms with Crippen LogP contribution in [0.2, 0.25) is 0 Å². The van der Waals surface area contributed by atoms with Gasteiger partial charge in [0.05, 0.1) is 13.2 Å². The number of ether oxygens (including phenoxy) is 1. The number of carbonyl (C=O) groups excluding carboxylic acids is 1. The maximum atomic E-state index is 11.6. The molecule has 1 heterocycles. The molecule has 1 aromatic rings. The van der Waals surface area contributed by atoms with Crippen molar-refractivity contribution in [2.45, 2.75) is 26.8 Å². The predicted octanol–water partition coefficient (Wildman–Crippen LogP) is 1.65. The average Bonchev–Trinajstić information content (AvgIpc) is 2.70. The van der Waals surface area contributed by atoms with E-state index in [1.54, 1.807) is 6.92 Å². The van der Waals surface area contributed by atoms with E-state index in [2.05, 4.69) is 10.3 Å². The van der Waals surface area contributed by atoms with Gasteiger partial charge in [-0.3, -0.25) is 0 Å². The summed E-state index contributed by atoms with van der Waals surface area (Å²) in [6.45, 7) is 4.03. The van der Waals surface area contributed by atoms with Gasteiger partial charge in [0.15, 0.2) is 5.69 Å². The molecule has 2 N–H and O–H groups in total. The van der Waals surface area contributed by atoms with E-state index < -0.39 is 12.1 Å². The van der Waals surface area contributed by atoms with Crippen LogP contribution in [-0.2, 0) is 17.7 Å². The molecular formula is C10H14N2O4S. The molecule has 1 rings (SSSR count). The molecule has 0 saturated carbocycles. The number of nitrogens with one attached hydrogen (secondary N) is 1. The number of aromatic nitrogens is 1. The largest absolute Gasteiger partial charge is 0.465 e. The molecule has 0 radical (unpaired) electrons. The Kier molecular flexibility index (Phi) is 4.89. The van der Waals surface area contributed by atoms with Crippen molar-refractivity contribution in [1.82, 2.24) is 10.3 Å². The van der Waals surface area contributed by atoms with E-state index in [0.717, 1.165) is 4.88 Å². The topological polar surface area (TPSA) is 88.5 Å². The molecule has 6 nitrogen and oxygen atoms in total. The molecule has 1 amide bonds. The second-order valence-electron chi connectivity index (χ2n) is 3.11. The van der Waals surface area contributed by atoms with E-state index in [9.17, 15) is 9.59 Å². The fourth-order valence-corrected chi connectivity index (χ4v) is 2.16. The molecule has 0 aromatic carbocycles. The minimum absolute atomic E-state index is 0.104. The fourth-order valence-electron chi connectivity index (χ4n) is 1.23. The third-order valence-electron chi connectivity index (χ3n) is 1.92. The van der Waals surface area contributed by atoms with Crippen molar-refractivity contribution in [1.29, 1.82) is 0 Å². The van der Waals surface area contributed by atoms with Crippen LogP contribution < -0.4 is 5.32 Å². The smallest absolute Gasteiger partial charge is 0.405 e. The molecule has 0 saturated heterocycles. The highest BCUT2D eigenvalue weighted by Crippen LogP contribution is 2.20. The van der Waals surface area contributed by atoms with Gasteiger partial charge in [-0.25, -0.2) is 14.6 Å². The summed E-state index contributed by atoms with van der Waals surface area (Å²) < 4.78 is 4.88. The van der Waals surface area contributed by atoms with Gasteiger partial charge in [-0.1, -0.05) is 6.92 Å². The number of rotatable bonds is 5. The van der Waals surface area contributed by atoms with Crippen LogP contribution in [-0.4, -0.2) is 28.8 Å². The number of hydrogen-bond donors (Lipinski definition) is 2. The van der Waals surface area contributed by atoms with Gasteiger partial charge < -0.3 is 15.2 Å². The van der Waals surface area contributed by atoms with E-state index >= 15 is 0 Å². The van der Waals surface area contributed by atoms with E-state index in [4.69, 9.17) is 9.84 Å². The summed E-state index contributed by atoms with van der Waals surface area (Å²) in [4.78, 5) is 26.8. The quantitative estimate of drug-likeness (QED) is 0.784. The Bertz CT molecular complexity index is 416. The molecule has 0 spiro atoms. The number of amides is 1. The average molecular weight is 258 g/mol. The van der Waals surface area contributed by atoms with Crippen molar-refractivity contribution >= 4 is 23.4 Å². The molecule has 0 bridgehead atoms. The highest BCUT2D eigenvalue weighted by Gasteiger charge is 2.18. The summed E-state index contributed by atoms with van der Waals surface area (Å²) in [6.07, 6.45) is -0.449. The summed E-state index contributed by atoms with van der Waals surface area (Å²) in [7, 11) is 0. The predicted molar refractivity (Wildman–Crippen MR) is 62.3 cm³/mol. The standard InChI is InChI=1S/C10H14N2O4S/c1-3-6-8(9(13)16-4-2)12-7(17-6)5-11-10(14)15/h11H,3-5H2,1-2H3,(H,14,15). The first-order valence-electron chi connectivity index (χ1n) is 5.20. The summed E-state index contributed by atoms with van der Waals surface area (Å²) in [5.41, 5.74) is 0.293. The van der Waals surface area contributed by atoms with Crippen molar-refractivity contribution < 1.29 is 19.4 Å².